The van der Waals surface area contributed by atoms with E-state index < -0.39 is 0 Å². The maximum Gasteiger partial charge on any atom is 0.191 e. The van der Waals surface area contributed by atoms with Crippen LogP contribution in [-0.2, 0) is 0 Å². The van der Waals surface area contributed by atoms with E-state index in [1.54, 1.807) is 12.1 Å². The topological polar surface area (TPSA) is 59.9 Å². The third-order valence-electron chi connectivity index (χ3n) is 3.72. The number of hydrogen-bond donors (Lipinski definition) is 3. The largest absolute Gasteiger partial charge is 0.394 e. The van der Waals surface area contributed by atoms with Crippen LogP contribution in [0, 0.1) is 5.82 Å². The van der Waals surface area contributed by atoms with Gasteiger partial charge < -0.3 is 20.6 Å². The second kappa shape index (κ2) is 10.6. The highest BCUT2D eigenvalue weighted by Gasteiger charge is 2.20. The number of aliphatic hydroxyl groups excluding tert-OH is 1. The second-order valence-electron chi connectivity index (χ2n) is 5.37. The summed E-state index contributed by atoms with van der Waals surface area (Å²) in [6.07, 6.45) is 1.94. The fraction of sp³-hybridized carbons (Fsp3) is 0.562. The lowest BCUT2D eigenvalue weighted by atomic mass is 10.0. The van der Waals surface area contributed by atoms with Gasteiger partial charge in [-0.3, -0.25) is 4.99 Å². The number of piperidine rings is 1. The third-order valence-corrected chi connectivity index (χ3v) is 3.72. The molecule has 0 aliphatic carbocycles. The molecule has 0 spiro atoms. The van der Waals surface area contributed by atoms with Crippen molar-refractivity contribution in [1.82, 2.24) is 10.6 Å². The van der Waals surface area contributed by atoms with Crippen LogP contribution in [0.15, 0.2) is 29.3 Å². The fourth-order valence-corrected chi connectivity index (χ4v) is 2.63. The van der Waals surface area contributed by atoms with Crippen molar-refractivity contribution in [3.05, 3.63) is 30.1 Å². The van der Waals surface area contributed by atoms with Crippen molar-refractivity contribution in [2.75, 3.05) is 37.7 Å². The lowest BCUT2D eigenvalue weighted by Gasteiger charge is -2.34. The molecule has 1 aromatic rings. The standard InChI is InChI=1S/C16H25FN4O.HI/c1-2-18-16(19-8-11-22)20-14-6-9-21(10-7-14)15-5-3-4-13(17)12-15;/h3-5,12,14,22H,2,6-11H2,1H3,(H2,18,19,20);1H. The molecule has 1 saturated heterocycles. The minimum Gasteiger partial charge on any atom is -0.394 e. The SMILES string of the molecule is CCNC(=NCCO)NC1CCN(c2cccc(F)c2)CC1.I. The smallest absolute Gasteiger partial charge is 0.191 e. The monoisotopic (exact) mass is 436 g/mol. The van der Waals surface area contributed by atoms with E-state index in [0.29, 0.717) is 12.6 Å². The number of aliphatic imine (C=N–C) groups is 1. The average Bonchev–Trinajstić information content (AvgIpc) is 2.53. The summed E-state index contributed by atoms with van der Waals surface area (Å²) in [6.45, 7) is 5.04. The predicted molar refractivity (Wildman–Crippen MR) is 103 cm³/mol. The minimum absolute atomic E-state index is 0. The van der Waals surface area contributed by atoms with Crippen molar-refractivity contribution in [2.45, 2.75) is 25.8 Å². The van der Waals surface area contributed by atoms with Crippen LogP contribution in [-0.4, -0.2) is 49.9 Å². The van der Waals surface area contributed by atoms with Crippen molar-refractivity contribution in [3.8, 4) is 0 Å². The van der Waals surface area contributed by atoms with Crippen LogP contribution in [0.5, 0.6) is 0 Å². The van der Waals surface area contributed by atoms with Gasteiger partial charge in [0.15, 0.2) is 5.96 Å². The molecule has 130 valence electrons. The molecule has 23 heavy (non-hydrogen) atoms. The summed E-state index contributed by atoms with van der Waals surface area (Å²) in [7, 11) is 0. The van der Waals surface area contributed by atoms with Gasteiger partial charge in [0.25, 0.3) is 0 Å². The number of nitrogens with zero attached hydrogens (tertiary/aromatic N) is 2. The number of guanidine groups is 1. The molecule has 0 atom stereocenters. The van der Waals surface area contributed by atoms with Crippen molar-refractivity contribution in [1.29, 1.82) is 0 Å². The molecule has 1 fully saturated rings. The van der Waals surface area contributed by atoms with Gasteiger partial charge in [0.05, 0.1) is 13.2 Å². The van der Waals surface area contributed by atoms with Gasteiger partial charge in [-0.15, -0.1) is 24.0 Å². The van der Waals surface area contributed by atoms with Crippen molar-refractivity contribution in [3.63, 3.8) is 0 Å². The first-order valence-corrected chi connectivity index (χ1v) is 7.89. The van der Waals surface area contributed by atoms with E-state index >= 15 is 0 Å². The molecule has 5 nitrogen and oxygen atoms in total. The van der Waals surface area contributed by atoms with Crippen molar-refractivity contribution in [2.24, 2.45) is 4.99 Å². The molecule has 0 unspecified atom stereocenters. The first-order chi connectivity index (χ1) is 10.7. The molecule has 0 saturated carbocycles. The molecule has 1 aromatic carbocycles. The summed E-state index contributed by atoms with van der Waals surface area (Å²) in [6, 6.07) is 7.10. The summed E-state index contributed by atoms with van der Waals surface area (Å²) >= 11 is 0. The van der Waals surface area contributed by atoms with Crippen LogP contribution in [0.4, 0.5) is 10.1 Å². The molecule has 1 aliphatic rings. The average molecular weight is 436 g/mol. The maximum absolute atomic E-state index is 13.3. The Morgan fingerprint density at radius 3 is 2.74 bits per heavy atom. The summed E-state index contributed by atoms with van der Waals surface area (Å²) in [4.78, 5) is 6.50. The van der Waals surface area contributed by atoms with E-state index in [1.807, 2.05) is 13.0 Å². The molecule has 7 heteroatoms. The lowest BCUT2D eigenvalue weighted by Crippen LogP contribution is -2.48. The Morgan fingerprint density at radius 1 is 1.39 bits per heavy atom. The van der Waals surface area contributed by atoms with Gasteiger partial charge in [0, 0.05) is 31.4 Å². The third kappa shape index (κ3) is 6.50. The maximum atomic E-state index is 13.3. The van der Waals surface area contributed by atoms with Crippen LogP contribution in [0.25, 0.3) is 0 Å². The lowest BCUT2D eigenvalue weighted by molar-refractivity contribution is 0.306. The Kier molecular flexibility index (Phi) is 9.23. The molecule has 0 radical (unpaired) electrons. The molecular weight excluding hydrogens is 410 g/mol. The van der Waals surface area contributed by atoms with E-state index in [4.69, 9.17) is 5.11 Å². The van der Waals surface area contributed by atoms with E-state index in [2.05, 4.69) is 20.5 Å². The molecule has 3 N–H and O–H groups in total. The zero-order valence-electron chi connectivity index (χ0n) is 13.5. The number of halogens is 2. The van der Waals surface area contributed by atoms with E-state index in [1.165, 1.54) is 6.07 Å². The van der Waals surface area contributed by atoms with Gasteiger partial charge in [-0.2, -0.15) is 0 Å². The zero-order valence-corrected chi connectivity index (χ0v) is 15.8. The van der Waals surface area contributed by atoms with Gasteiger partial charge in [-0.25, -0.2) is 4.39 Å². The first-order valence-electron chi connectivity index (χ1n) is 7.89. The predicted octanol–water partition coefficient (Wildman–Crippen LogP) is 1.96. The summed E-state index contributed by atoms with van der Waals surface area (Å²) in [5, 5.41) is 15.5. The van der Waals surface area contributed by atoms with Crippen LogP contribution in [0.3, 0.4) is 0 Å². The zero-order chi connectivity index (χ0) is 15.8. The molecule has 1 heterocycles. The number of rotatable bonds is 5. The van der Waals surface area contributed by atoms with Gasteiger partial charge >= 0.3 is 0 Å². The first kappa shape index (κ1) is 20.0. The Hall–Kier alpha value is -1.09. The van der Waals surface area contributed by atoms with E-state index in [9.17, 15) is 4.39 Å². The number of benzene rings is 1. The summed E-state index contributed by atoms with van der Waals surface area (Å²) in [5.41, 5.74) is 0.944. The molecular formula is C16H26FIN4O. The molecule has 0 amide bonds. The molecule has 0 aromatic heterocycles. The van der Waals surface area contributed by atoms with E-state index in [0.717, 1.165) is 44.1 Å². The van der Waals surface area contributed by atoms with Gasteiger partial charge in [0.2, 0.25) is 0 Å². The van der Waals surface area contributed by atoms with Crippen LogP contribution < -0.4 is 15.5 Å². The number of nitrogens with one attached hydrogen (secondary N) is 2. The van der Waals surface area contributed by atoms with Crippen molar-refractivity contribution >= 4 is 35.6 Å². The fourth-order valence-electron chi connectivity index (χ4n) is 2.63. The van der Waals surface area contributed by atoms with Gasteiger partial charge in [0.1, 0.15) is 5.82 Å². The summed E-state index contributed by atoms with van der Waals surface area (Å²) < 4.78 is 13.3. The van der Waals surface area contributed by atoms with Crippen LogP contribution in [0.2, 0.25) is 0 Å². The highest BCUT2D eigenvalue weighted by molar-refractivity contribution is 14.0. The Bertz CT molecular complexity index is 493. The molecule has 2 rings (SSSR count). The quantitative estimate of drug-likeness (QED) is 0.375. The van der Waals surface area contributed by atoms with Crippen LogP contribution in [0.1, 0.15) is 19.8 Å². The van der Waals surface area contributed by atoms with Gasteiger partial charge in [-0.05, 0) is 38.0 Å². The Morgan fingerprint density at radius 2 is 2.13 bits per heavy atom. The number of anilines is 1. The van der Waals surface area contributed by atoms with Crippen molar-refractivity contribution < 1.29 is 9.50 Å². The normalized spacial score (nSPS) is 16.0. The Balaban J connectivity index is 0.00000264. The van der Waals surface area contributed by atoms with E-state index in [-0.39, 0.29) is 36.4 Å². The number of hydrogen-bond acceptors (Lipinski definition) is 3. The molecule has 1 aliphatic heterocycles. The van der Waals surface area contributed by atoms with Crippen LogP contribution >= 0.6 is 24.0 Å². The minimum atomic E-state index is -0.191. The highest BCUT2D eigenvalue weighted by atomic mass is 127. The number of aliphatic hydroxyl groups is 1. The van der Waals surface area contributed by atoms with Gasteiger partial charge in [-0.1, -0.05) is 6.07 Å². The molecule has 0 bridgehead atoms. The second-order valence-corrected chi connectivity index (χ2v) is 5.37. The Labute approximate surface area is 154 Å². The highest BCUT2D eigenvalue weighted by Crippen LogP contribution is 2.20. The summed E-state index contributed by atoms with van der Waals surface area (Å²) in [5.74, 6) is 0.559.